The maximum Gasteiger partial charge on any atom is 0.252 e. The van der Waals surface area contributed by atoms with E-state index in [0.29, 0.717) is 16.3 Å². The van der Waals surface area contributed by atoms with Crippen LogP contribution in [0.5, 0.6) is 5.75 Å². The number of fused-ring (bicyclic) bond motifs is 1. The van der Waals surface area contributed by atoms with E-state index < -0.39 is 0 Å². The SMILES string of the molecule is O=C(NCC#CCOc1ccccc1Cl)c1ccc2nc[nH]c2c1. The predicted molar refractivity (Wildman–Crippen MR) is 93.1 cm³/mol. The van der Waals surface area contributed by atoms with Crippen molar-refractivity contribution in [1.82, 2.24) is 15.3 Å². The van der Waals surface area contributed by atoms with E-state index in [1.165, 1.54) is 0 Å². The maximum absolute atomic E-state index is 12.0. The molecule has 0 aliphatic heterocycles. The molecule has 0 atom stereocenters. The zero-order valence-corrected chi connectivity index (χ0v) is 13.4. The van der Waals surface area contributed by atoms with Gasteiger partial charge >= 0.3 is 0 Å². The largest absolute Gasteiger partial charge is 0.479 e. The van der Waals surface area contributed by atoms with Crippen LogP contribution in [0.25, 0.3) is 11.0 Å². The first-order valence-electron chi connectivity index (χ1n) is 7.28. The van der Waals surface area contributed by atoms with Crippen molar-refractivity contribution in [3.05, 3.63) is 59.4 Å². The van der Waals surface area contributed by atoms with Crippen LogP contribution in [0.3, 0.4) is 0 Å². The Labute approximate surface area is 144 Å². The highest BCUT2D eigenvalue weighted by atomic mass is 35.5. The van der Waals surface area contributed by atoms with Crippen molar-refractivity contribution >= 4 is 28.5 Å². The number of nitrogens with zero attached hydrogens (tertiary/aromatic N) is 1. The van der Waals surface area contributed by atoms with E-state index in [0.717, 1.165) is 11.0 Å². The number of rotatable bonds is 4. The number of hydrogen-bond donors (Lipinski definition) is 2. The highest BCUT2D eigenvalue weighted by Gasteiger charge is 2.05. The summed E-state index contributed by atoms with van der Waals surface area (Å²) in [5.41, 5.74) is 2.20. The molecule has 0 spiro atoms. The minimum Gasteiger partial charge on any atom is -0.479 e. The Morgan fingerprint density at radius 2 is 2.12 bits per heavy atom. The van der Waals surface area contributed by atoms with Crippen LogP contribution < -0.4 is 10.1 Å². The lowest BCUT2D eigenvalue weighted by atomic mass is 10.2. The lowest BCUT2D eigenvalue weighted by Gasteiger charge is -2.03. The number of halogens is 1. The van der Waals surface area contributed by atoms with Gasteiger partial charge in [0, 0.05) is 5.56 Å². The number of carbonyl (C=O) groups excluding carboxylic acids is 1. The average Bonchev–Trinajstić information content (AvgIpc) is 3.07. The van der Waals surface area contributed by atoms with Gasteiger partial charge in [-0.25, -0.2) is 4.98 Å². The van der Waals surface area contributed by atoms with Gasteiger partial charge in [0.15, 0.2) is 0 Å². The quantitative estimate of drug-likeness (QED) is 0.718. The zero-order chi connectivity index (χ0) is 16.8. The van der Waals surface area contributed by atoms with E-state index in [9.17, 15) is 4.79 Å². The molecule has 5 nitrogen and oxygen atoms in total. The Morgan fingerprint density at radius 1 is 1.25 bits per heavy atom. The summed E-state index contributed by atoms with van der Waals surface area (Å²) in [6, 6.07) is 12.5. The molecule has 1 aromatic heterocycles. The standard InChI is InChI=1S/C18H14ClN3O2/c19-14-5-1-2-6-17(14)24-10-4-3-9-20-18(23)13-7-8-15-16(11-13)22-12-21-15/h1-2,5-8,11-12H,9-10H2,(H,20,23)(H,21,22). The van der Waals surface area contributed by atoms with Crippen molar-refractivity contribution in [1.29, 1.82) is 0 Å². The summed E-state index contributed by atoms with van der Waals surface area (Å²) in [6.07, 6.45) is 1.59. The summed E-state index contributed by atoms with van der Waals surface area (Å²) in [7, 11) is 0. The van der Waals surface area contributed by atoms with Crippen LogP contribution in [0, 0.1) is 11.8 Å². The molecular weight excluding hydrogens is 326 g/mol. The highest BCUT2D eigenvalue weighted by molar-refractivity contribution is 6.32. The number of H-pyrrole nitrogens is 1. The molecule has 3 aromatic rings. The molecule has 0 fully saturated rings. The van der Waals surface area contributed by atoms with E-state index in [2.05, 4.69) is 27.1 Å². The van der Waals surface area contributed by atoms with Gasteiger partial charge in [0.2, 0.25) is 0 Å². The molecule has 3 rings (SSSR count). The summed E-state index contributed by atoms with van der Waals surface area (Å²) in [4.78, 5) is 19.1. The number of carbonyl (C=O) groups is 1. The van der Waals surface area contributed by atoms with Crippen molar-refractivity contribution in [3.63, 3.8) is 0 Å². The number of aromatic amines is 1. The maximum atomic E-state index is 12.0. The lowest BCUT2D eigenvalue weighted by molar-refractivity contribution is 0.0959. The van der Waals surface area contributed by atoms with E-state index in [-0.39, 0.29) is 19.1 Å². The van der Waals surface area contributed by atoms with Gasteiger partial charge in [-0.1, -0.05) is 35.6 Å². The van der Waals surface area contributed by atoms with Gasteiger partial charge < -0.3 is 15.0 Å². The first-order valence-corrected chi connectivity index (χ1v) is 7.66. The number of aromatic nitrogens is 2. The van der Waals surface area contributed by atoms with Crippen LogP contribution in [0.15, 0.2) is 48.8 Å². The normalized spacial score (nSPS) is 10.0. The van der Waals surface area contributed by atoms with Gasteiger partial charge in [0.25, 0.3) is 5.91 Å². The Morgan fingerprint density at radius 3 is 3.00 bits per heavy atom. The fraction of sp³-hybridized carbons (Fsp3) is 0.111. The van der Waals surface area contributed by atoms with Crippen LogP contribution in [-0.2, 0) is 0 Å². The van der Waals surface area contributed by atoms with Gasteiger partial charge in [0.05, 0.1) is 28.9 Å². The second kappa shape index (κ2) is 7.53. The highest BCUT2D eigenvalue weighted by Crippen LogP contribution is 2.22. The van der Waals surface area contributed by atoms with Crippen molar-refractivity contribution in [2.75, 3.05) is 13.2 Å². The van der Waals surface area contributed by atoms with Crippen LogP contribution >= 0.6 is 11.6 Å². The molecule has 1 amide bonds. The molecule has 0 bridgehead atoms. The minimum absolute atomic E-state index is 0.187. The molecule has 0 radical (unpaired) electrons. The van der Waals surface area contributed by atoms with Crippen molar-refractivity contribution in [2.24, 2.45) is 0 Å². The molecule has 120 valence electrons. The van der Waals surface area contributed by atoms with E-state index >= 15 is 0 Å². The third kappa shape index (κ3) is 3.86. The number of para-hydroxylation sites is 1. The minimum atomic E-state index is -0.187. The Bertz CT molecular complexity index is 924. The Balaban J connectivity index is 1.48. The van der Waals surface area contributed by atoms with Crippen LogP contribution in [0.1, 0.15) is 10.4 Å². The van der Waals surface area contributed by atoms with Crippen molar-refractivity contribution in [3.8, 4) is 17.6 Å². The second-order valence-corrected chi connectivity index (χ2v) is 5.30. The van der Waals surface area contributed by atoms with E-state index in [1.807, 2.05) is 12.1 Å². The average molecular weight is 340 g/mol. The van der Waals surface area contributed by atoms with Gasteiger partial charge in [0.1, 0.15) is 12.4 Å². The summed E-state index contributed by atoms with van der Waals surface area (Å²) >= 11 is 5.97. The fourth-order valence-electron chi connectivity index (χ4n) is 2.09. The number of imidazole rings is 1. The number of benzene rings is 2. The topological polar surface area (TPSA) is 67.0 Å². The first kappa shape index (κ1) is 15.9. The predicted octanol–water partition coefficient (Wildman–Crippen LogP) is 3.03. The summed E-state index contributed by atoms with van der Waals surface area (Å²) < 4.78 is 5.44. The van der Waals surface area contributed by atoms with Crippen LogP contribution in [0.4, 0.5) is 0 Å². The van der Waals surface area contributed by atoms with Gasteiger partial charge in [-0.3, -0.25) is 4.79 Å². The third-order valence-corrected chi connectivity index (χ3v) is 3.59. The molecule has 0 aliphatic carbocycles. The monoisotopic (exact) mass is 339 g/mol. The Kier molecular flexibility index (Phi) is 4.99. The third-order valence-electron chi connectivity index (χ3n) is 3.28. The van der Waals surface area contributed by atoms with E-state index in [4.69, 9.17) is 16.3 Å². The lowest BCUT2D eigenvalue weighted by Crippen LogP contribution is -2.23. The first-order chi connectivity index (χ1) is 11.7. The van der Waals surface area contributed by atoms with Gasteiger partial charge in [-0.15, -0.1) is 0 Å². The van der Waals surface area contributed by atoms with Crippen molar-refractivity contribution in [2.45, 2.75) is 0 Å². The zero-order valence-electron chi connectivity index (χ0n) is 12.7. The van der Waals surface area contributed by atoms with Crippen molar-refractivity contribution < 1.29 is 9.53 Å². The molecule has 2 N–H and O–H groups in total. The van der Waals surface area contributed by atoms with Crippen LogP contribution in [-0.4, -0.2) is 29.0 Å². The number of amides is 1. The van der Waals surface area contributed by atoms with Gasteiger partial charge in [-0.05, 0) is 30.3 Å². The summed E-state index contributed by atoms with van der Waals surface area (Å²) in [5.74, 6) is 6.07. The molecule has 6 heteroatoms. The molecule has 24 heavy (non-hydrogen) atoms. The summed E-state index contributed by atoms with van der Waals surface area (Å²) in [5, 5.41) is 3.28. The summed E-state index contributed by atoms with van der Waals surface area (Å²) in [6.45, 7) is 0.450. The number of ether oxygens (including phenoxy) is 1. The molecule has 0 saturated heterocycles. The van der Waals surface area contributed by atoms with E-state index in [1.54, 1.807) is 36.7 Å². The molecule has 2 aromatic carbocycles. The molecule has 1 heterocycles. The van der Waals surface area contributed by atoms with Gasteiger partial charge in [-0.2, -0.15) is 0 Å². The number of nitrogens with one attached hydrogen (secondary N) is 2. The fourth-order valence-corrected chi connectivity index (χ4v) is 2.28. The Hall–Kier alpha value is -2.97. The second-order valence-electron chi connectivity index (χ2n) is 4.89. The molecule has 0 unspecified atom stereocenters. The molecule has 0 aliphatic rings. The smallest absolute Gasteiger partial charge is 0.252 e. The number of hydrogen-bond acceptors (Lipinski definition) is 3. The molecular formula is C18H14ClN3O2. The van der Waals surface area contributed by atoms with Crippen LogP contribution in [0.2, 0.25) is 5.02 Å². The molecule has 0 saturated carbocycles.